The van der Waals surface area contributed by atoms with E-state index in [4.69, 9.17) is 5.73 Å². The number of rotatable bonds is 1. The predicted octanol–water partition coefficient (Wildman–Crippen LogP) is 0.952. The van der Waals surface area contributed by atoms with Crippen LogP contribution in [0.3, 0.4) is 0 Å². The fraction of sp³-hybridized carbons (Fsp3) is 0. The Balaban J connectivity index is 2.65. The molecule has 0 aliphatic carbocycles. The van der Waals surface area contributed by atoms with Crippen molar-refractivity contribution >= 4 is 5.82 Å². The molecule has 0 fully saturated rings. The van der Waals surface area contributed by atoms with Gasteiger partial charge in [0, 0.05) is 0 Å². The summed E-state index contributed by atoms with van der Waals surface area (Å²) in [5.41, 5.74) is 6.72. The molecular weight excluding hydrogens is 166 g/mol. The van der Waals surface area contributed by atoms with Crippen LogP contribution < -0.4 is 11.3 Å². The highest BCUT2D eigenvalue weighted by Gasteiger charge is 2.07. The van der Waals surface area contributed by atoms with E-state index in [-0.39, 0.29) is 5.56 Å². The van der Waals surface area contributed by atoms with E-state index in [0.29, 0.717) is 11.4 Å². The highest BCUT2D eigenvalue weighted by Crippen LogP contribution is 2.18. The third kappa shape index (κ3) is 1.22. The van der Waals surface area contributed by atoms with Crippen molar-refractivity contribution in [1.29, 1.82) is 0 Å². The Morgan fingerprint density at radius 1 is 1.08 bits per heavy atom. The maximum atomic E-state index is 11.3. The number of aromatic amines is 2. The van der Waals surface area contributed by atoms with Crippen LogP contribution in [0.15, 0.2) is 35.1 Å². The minimum Gasteiger partial charge on any atom is -0.383 e. The van der Waals surface area contributed by atoms with Crippen LogP contribution >= 0.6 is 0 Å². The predicted molar refractivity (Wildman–Crippen MR) is 51.3 cm³/mol. The SMILES string of the molecule is Nc1[nH][nH]c(=O)c1-c1ccccc1. The summed E-state index contributed by atoms with van der Waals surface area (Å²) in [7, 11) is 0. The Labute approximate surface area is 74.4 Å². The molecule has 66 valence electrons. The van der Waals surface area contributed by atoms with E-state index in [0.717, 1.165) is 5.56 Å². The molecule has 0 bridgehead atoms. The van der Waals surface area contributed by atoms with Gasteiger partial charge in [0.15, 0.2) is 0 Å². The zero-order chi connectivity index (χ0) is 9.26. The van der Waals surface area contributed by atoms with E-state index < -0.39 is 0 Å². The van der Waals surface area contributed by atoms with Crippen molar-refractivity contribution in [3.8, 4) is 11.1 Å². The van der Waals surface area contributed by atoms with Gasteiger partial charge in [-0.25, -0.2) is 0 Å². The summed E-state index contributed by atoms with van der Waals surface area (Å²) < 4.78 is 0. The molecule has 4 nitrogen and oxygen atoms in total. The molecule has 1 aromatic heterocycles. The van der Waals surface area contributed by atoms with E-state index in [1.54, 1.807) is 0 Å². The van der Waals surface area contributed by atoms with Gasteiger partial charge in [-0.05, 0) is 5.56 Å². The topological polar surface area (TPSA) is 74.7 Å². The number of hydrogen-bond donors (Lipinski definition) is 3. The van der Waals surface area contributed by atoms with Crippen LogP contribution in [0.4, 0.5) is 5.82 Å². The summed E-state index contributed by atoms with van der Waals surface area (Å²) in [5.74, 6) is 0.371. The summed E-state index contributed by atoms with van der Waals surface area (Å²) in [5, 5.41) is 5.01. The monoisotopic (exact) mass is 175 g/mol. The van der Waals surface area contributed by atoms with Gasteiger partial charge in [0.1, 0.15) is 5.82 Å². The van der Waals surface area contributed by atoms with Crippen LogP contribution in [-0.2, 0) is 0 Å². The van der Waals surface area contributed by atoms with Crippen molar-refractivity contribution in [2.75, 3.05) is 5.73 Å². The molecule has 0 aliphatic rings. The Morgan fingerprint density at radius 3 is 2.31 bits per heavy atom. The van der Waals surface area contributed by atoms with Crippen LogP contribution in [0.5, 0.6) is 0 Å². The van der Waals surface area contributed by atoms with Crippen molar-refractivity contribution in [3.05, 3.63) is 40.7 Å². The molecule has 0 saturated carbocycles. The van der Waals surface area contributed by atoms with Crippen LogP contribution in [0.25, 0.3) is 11.1 Å². The number of anilines is 1. The molecule has 13 heavy (non-hydrogen) atoms. The lowest BCUT2D eigenvalue weighted by Gasteiger charge is -1.95. The molecule has 4 N–H and O–H groups in total. The van der Waals surface area contributed by atoms with Gasteiger partial charge >= 0.3 is 0 Å². The molecule has 0 atom stereocenters. The van der Waals surface area contributed by atoms with Crippen LogP contribution in [0.2, 0.25) is 0 Å². The Kier molecular flexibility index (Phi) is 1.66. The van der Waals surface area contributed by atoms with E-state index in [2.05, 4.69) is 10.2 Å². The number of nitrogen functional groups attached to an aromatic ring is 1. The number of aromatic nitrogens is 2. The van der Waals surface area contributed by atoms with Crippen LogP contribution in [0.1, 0.15) is 0 Å². The average Bonchev–Trinajstić information content (AvgIpc) is 2.48. The lowest BCUT2D eigenvalue weighted by atomic mass is 10.1. The molecule has 0 aliphatic heterocycles. The highest BCUT2D eigenvalue weighted by atomic mass is 16.1. The Bertz CT molecular complexity index is 455. The lowest BCUT2D eigenvalue weighted by Crippen LogP contribution is -2.02. The smallest absolute Gasteiger partial charge is 0.273 e. The molecule has 2 aromatic rings. The van der Waals surface area contributed by atoms with Crippen molar-refractivity contribution in [1.82, 2.24) is 10.2 Å². The molecule has 2 rings (SSSR count). The number of nitrogens with two attached hydrogens (primary N) is 1. The van der Waals surface area contributed by atoms with Gasteiger partial charge < -0.3 is 5.73 Å². The standard InChI is InChI=1S/C9H9N3O/c10-8-7(9(13)12-11-8)6-4-2-1-3-5-6/h1-5H,(H4,10,11,12,13). The molecule has 0 unspecified atom stereocenters. The van der Waals surface area contributed by atoms with Gasteiger partial charge in [0.05, 0.1) is 5.56 Å². The van der Waals surface area contributed by atoms with E-state index in [9.17, 15) is 4.79 Å². The summed E-state index contributed by atoms with van der Waals surface area (Å²) in [6.45, 7) is 0. The summed E-state index contributed by atoms with van der Waals surface area (Å²) in [6, 6.07) is 9.30. The number of benzene rings is 1. The first-order valence-corrected chi connectivity index (χ1v) is 3.90. The first-order chi connectivity index (χ1) is 6.29. The molecule has 1 aromatic carbocycles. The number of nitrogens with one attached hydrogen (secondary N) is 2. The van der Waals surface area contributed by atoms with Gasteiger partial charge in [0.2, 0.25) is 0 Å². The summed E-state index contributed by atoms with van der Waals surface area (Å²) in [4.78, 5) is 11.3. The van der Waals surface area contributed by atoms with Crippen molar-refractivity contribution in [2.24, 2.45) is 0 Å². The van der Waals surface area contributed by atoms with Crippen LogP contribution in [0, 0.1) is 0 Å². The third-order valence-corrected chi connectivity index (χ3v) is 1.87. The Hall–Kier alpha value is -1.97. The minimum absolute atomic E-state index is 0.191. The van der Waals surface area contributed by atoms with E-state index in [1.165, 1.54) is 0 Å². The zero-order valence-electron chi connectivity index (χ0n) is 6.87. The highest BCUT2D eigenvalue weighted by molar-refractivity contribution is 5.72. The fourth-order valence-electron chi connectivity index (χ4n) is 1.26. The minimum atomic E-state index is -0.191. The quantitative estimate of drug-likeness (QED) is 0.603. The van der Waals surface area contributed by atoms with Crippen molar-refractivity contribution in [2.45, 2.75) is 0 Å². The largest absolute Gasteiger partial charge is 0.383 e. The number of H-pyrrole nitrogens is 2. The number of hydrogen-bond acceptors (Lipinski definition) is 2. The zero-order valence-corrected chi connectivity index (χ0v) is 6.87. The fourth-order valence-corrected chi connectivity index (χ4v) is 1.26. The van der Waals surface area contributed by atoms with Crippen molar-refractivity contribution in [3.63, 3.8) is 0 Å². The van der Waals surface area contributed by atoms with Gasteiger partial charge in [-0.1, -0.05) is 30.3 Å². The second-order valence-corrected chi connectivity index (χ2v) is 2.73. The lowest BCUT2D eigenvalue weighted by molar-refractivity contribution is 1.06. The molecule has 1 heterocycles. The second-order valence-electron chi connectivity index (χ2n) is 2.73. The van der Waals surface area contributed by atoms with Gasteiger partial charge in [-0.3, -0.25) is 15.0 Å². The average molecular weight is 175 g/mol. The van der Waals surface area contributed by atoms with Gasteiger partial charge in [-0.2, -0.15) is 0 Å². The maximum Gasteiger partial charge on any atom is 0.273 e. The molecule has 4 heteroatoms. The van der Waals surface area contributed by atoms with Crippen molar-refractivity contribution < 1.29 is 0 Å². The molecular formula is C9H9N3O. The molecule has 0 spiro atoms. The first kappa shape index (κ1) is 7.67. The van der Waals surface area contributed by atoms with Gasteiger partial charge in [-0.15, -0.1) is 0 Å². The molecule has 0 amide bonds. The normalized spacial score (nSPS) is 10.2. The molecule has 0 saturated heterocycles. The van der Waals surface area contributed by atoms with Crippen LogP contribution in [-0.4, -0.2) is 10.2 Å². The second kappa shape index (κ2) is 2.82. The summed E-state index contributed by atoms with van der Waals surface area (Å²) in [6.07, 6.45) is 0. The van der Waals surface area contributed by atoms with E-state index in [1.807, 2.05) is 30.3 Å². The molecule has 0 radical (unpaired) electrons. The summed E-state index contributed by atoms with van der Waals surface area (Å²) >= 11 is 0. The Morgan fingerprint density at radius 2 is 1.77 bits per heavy atom. The van der Waals surface area contributed by atoms with E-state index >= 15 is 0 Å². The first-order valence-electron chi connectivity index (χ1n) is 3.90. The third-order valence-electron chi connectivity index (χ3n) is 1.87. The van der Waals surface area contributed by atoms with Gasteiger partial charge in [0.25, 0.3) is 5.56 Å². The maximum absolute atomic E-state index is 11.3.